The van der Waals surface area contributed by atoms with Crippen molar-refractivity contribution in [3.63, 3.8) is 0 Å². The molecule has 0 spiro atoms. The Labute approximate surface area is 282 Å². The number of pyridine rings is 1. The Morgan fingerprint density at radius 3 is 2.16 bits per heavy atom. The molecular weight excluding hydrogens is 667 g/mol. The lowest BCUT2D eigenvalue weighted by atomic mass is 9.86. The third-order valence-electron chi connectivity index (χ3n) is 8.57. The van der Waals surface area contributed by atoms with Crippen LogP contribution >= 0.6 is 0 Å². The highest BCUT2D eigenvalue weighted by molar-refractivity contribution is 6.09. The topological polar surface area (TPSA) is 35.9 Å². The molecule has 0 amide bonds. The summed E-state index contributed by atoms with van der Waals surface area (Å²) in [6.07, 6.45) is 4.05. The molecule has 0 aliphatic rings. The minimum Gasteiger partial charge on any atom is -1.00 e. The van der Waals surface area contributed by atoms with Crippen molar-refractivity contribution in [2.75, 3.05) is 0 Å². The first-order valence-corrected chi connectivity index (χ1v) is 15.3. The molecule has 5 nitrogen and oxygen atoms in total. The van der Waals surface area contributed by atoms with Crippen molar-refractivity contribution in [2.24, 2.45) is 7.05 Å². The van der Waals surface area contributed by atoms with Gasteiger partial charge in [0.25, 0.3) is 0 Å². The van der Waals surface area contributed by atoms with Crippen LogP contribution in [0.25, 0.3) is 44.3 Å². The fourth-order valence-electron chi connectivity index (χ4n) is 6.23. The molecule has 0 N–H and O–H groups in total. The molecule has 0 aliphatic carbocycles. The van der Waals surface area contributed by atoms with E-state index >= 15 is 0 Å². The Hall–Kier alpha value is -4.17. The standard InChI is InChI=1S/C39H39N4O.HI/c1-38(2,3)26-20-21-40-37(22-26)43-32-13-9-8-12-29(32)30-18-17-28(24-35(30)43)44-36-23-27(16-19-31(36)39(4,5)6)42-25-41(7)33-14-10-11-15-34(33)42;/h8-25H,1-7H3;1H/q+1;/p-1. The molecule has 3 aromatic heterocycles. The summed E-state index contributed by atoms with van der Waals surface area (Å²) < 4.78 is 13.5. The molecule has 228 valence electrons. The quantitative estimate of drug-likeness (QED) is 0.158. The second kappa shape index (κ2) is 11.3. The molecule has 0 saturated heterocycles. The zero-order valence-corrected chi connectivity index (χ0v) is 29.1. The molecule has 4 aromatic carbocycles. The summed E-state index contributed by atoms with van der Waals surface area (Å²) in [5.41, 5.74) is 7.90. The second-order valence-electron chi connectivity index (χ2n) is 13.8. The van der Waals surface area contributed by atoms with Gasteiger partial charge in [-0.2, -0.15) is 4.57 Å². The van der Waals surface area contributed by atoms with E-state index in [-0.39, 0.29) is 34.8 Å². The maximum atomic E-state index is 6.84. The van der Waals surface area contributed by atoms with Crippen molar-refractivity contribution in [2.45, 2.75) is 52.4 Å². The number of para-hydroxylation sites is 3. The Kier molecular flexibility index (Phi) is 7.76. The number of ether oxygens (including phenoxy) is 1. The summed E-state index contributed by atoms with van der Waals surface area (Å²) in [6, 6.07) is 34.3. The number of aryl methyl sites for hydroxylation is 1. The first-order chi connectivity index (χ1) is 21.0. The van der Waals surface area contributed by atoms with Crippen molar-refractivity contribution in [3.8, 4) is 23.0 Å². The van der Waals surface area contributed by atoms with Gasteiger partial charge in [-0.1, -0.05) is 77.9 Å². The maximum absolute atomic E-state index is 6.84. The predicted molar refractivity (Wildman–Crippen MR) is 181 cm³/mol. The first-order valence-electron chi connectivity index (χ1n) is 15.3. The van der Waals surface area contributed by atoms with Crippen LogP contribution in [0, 0.1) is 0 Å². The van der Waals surface area contributed by atoms with E-state index in [1.54, 1.807) is 0 Å². The van der Waals surface area contributed by atoms with Gasteiger partial charge < -0.3 is 28.7 Å². The summed E-state index contributed by atoms with van der Waals surface area (Å²) in [6.45, 7) is 13.4. The van der Waals surface area contributed by atoms with Gasteiger partial charge in [-0.05, 0) is 64.9 Å². The van der Waals surface area contributed by atoms with E-state index in [1.807, 2.05) is 6.20 Å². The van der Waals surface area contributed by atoms with Crippen LogP contribution in [0.4, 0.5) is 0 Å². The minimum atomic E-state index is -0.104. The lowest BCUT2D eigenvalue weighted by Crippen LogP contribution is -3.00. The zero-order chi connectivity index (χ0) is 30.8. The van der Waals surface area contributed by atoms with Crippen LogP contribution in [0.3, 0.4) is 0 Å². The number of imidazole rings is 1. The van der Waals surface area contributed by atoms with Gasteiger partial charge in [-0.15, -0.1) is 0 Å². The normalized spacial score (nSPS) is 12.2. The lowest BCUT2D eigenvalue weighted by Gasteiger charge is -2.23. The highest BCUT2D eigenvalue weighted by Crippen LogP contribution is 2.39. The lowest BCUT2D eigenvalue weighted by molar-refractivity contribution is -0.645. The van der Waals surface area contributed by atoms with Crippen LogP contribution in [0.5, 0.6) is 11.5 Å². The van der Waals surface area contributed by atoms with Crippen molar-refractivity contribution in [1.82, 2.24) is 14.1 Å². The van der Waals surface area contributed by atoms with E-state index in [1.165, 1.54) is 21.9 Å². The monoisotopic (exact) mass is 706 g/mol. The fraction of sp³-hybridized carbons (Fsp3) is 0.231. The SMILES string of the molecule is C[n+]1cn(-c2ccc(C(C)(C)C)c(Oc3ccc4c5ccccc5n(-c5cc(C(C)(C)C)ccn5)c4c3)c2)c2ccccc21.[I-]. The van der Waals surface area contributed by atoms with Gasteiger partial charge in [0.2, 0.25) is 6.33 Å². The Bertz CT molecular complexity index is 2190. The fourth-order valence-corrected chi connectivity index (χ4v) is 6.23. The van der Waals surface area contributed by atoms with E-state index in [9.17, 15) is 0 Å². The Morgan fingerprint density at radius 1 is 0.689 bits per heavy atom. The molecular formula is C39H39IN4O. The number of fused-ring (bicyclic) bond motifs is 4. The molecule has 3 heterocycles. The smallest absolute Gasteiger partial charge is 0.249 e. The van der Waals surface area contributed by atoms with Crippen LogP contribution in [0.15, 0.2) is 110 Å². The van der Waals surface area contributed by atoms with Crippen molar-refractivity contribution in [3.05, 3.63) is 121 Å². The van der Waals surface area contributed by atoms with Crippen molar-refractivity contribution >= 4 is 32.8 Å². The third-order valence-corrected chi connectivity index (χ3v) is 8.57. The van der Waals surface area contributed by atoms with Crippen molar-refractivity contribution in [1.29, 1.82) is 0 Å². The molecule has 0 bridgehead atoms. The van der Waals surface area contributed by atoms with Gasteiger partial charge in [0.1, 0.15) is 23.0 Å². The molecule has 0 aliphatic heterocycles. The molecule has 7 aromatic rings. The van der Waals surface area contributed by atoms with E-state index in [0.29, 0.717) is 0 Å². The molecule has 0 saturated carbocycles. The second-order valence-corrected chi connectivity index (χ2v) is 13.8. The van der Waals surface area contributed by atoms with Crippen LogP contribution < -0.4 is 33.3 Å². The van der Waals surface area contributed by atoms with Crippen LogP contribution in [0.2, 0.25) is 0 Å². The molecule has 0 atom stereocenters. The van der Waals surface area contributed by atoms with Gasteiger partial charge in [0, 0.05) is 34.7 Å². The van der Waals surface area contributed by atoms with Gasteiger partial charge in [0.15, 0.2) is 11.0 Å². The maximum Gasteiger partial charge on any atom is 0.249 e. The van der Waals surface area contributed by atoms with Gasteiger partial charge in [-0.25, -0.2) is 9.55 Å². The van der Waals surface area contributed by atoms with Crippen LogP contribution in [0.1, 0.15) is 52.7 Å². The van der Waals surface area contributed by atoms with Crippen molar-refractivity contribution < 1.29 is 33.3 Å². The largest absolute Gasteiger partial charge is 1.00 e. The number of nitrogens with zero attached hydrogens (tertiary/aromatic N) is 4. The number of benzene rings is 4. The molecule has 0 unspecified atom stereocenters. The predicted octanol–water partition coefficient (Wildman–Crippen LogP) is 6.34. The number of rotatable bonds is 4. The van der Waals surface area contributed by atoms with E-state index in [2.05, 4.69) is 166 Å². The highest BCUT2D eigenvalue weighted by Gasteiger charge is 2.24. The van der Waals surface area contributed by atoms with Gasteiger partial charge in [-0.3, -0.25) is 4.57 Å². The number of aromatic nitrogens is 4. The van der Waals surface area contributed by atoms with Gasteiger partial charge in [0.05, 0.1) is 18.1 Å². The first kappa shape index (κ1) is 30.8. The Balaban J connectivity index is 0.00000357. The average Bonchev–Trinajstić information content (AvgIpc) is 3.51. The summed E-state index contributed by atoms with van der Waals surface area (Å²) in [5, 5.41) is 2.37. The summed E-state index contributed by atoms with van der Waals surface area (Å²) >= 11 is 0. The van der Waals surface area contributed by atoms with Crippen LogP contribution in [-0.4, -0.2) is 14.1 Å². The number of hydrogen-bond acceptors (Lipinski definition) is 2. The number of halogens is 1. The van der Waals surface area contributed by atoms with Crippen LogP contribution in [-0.2, 0) is 17.9 Å². The molecule has 0 radical (unpaired) electrons. The zero-order valence-electron chi connectivity index (χ0n) is 27.0. The average molecular weight is 707 g/mol. The van der Waals surface area contributed by atoms with E-state index in [4.69, 9.17) is 9.72 Å². The van der Waals surface area contributed by atoms with E-state index < -0.39 is 0 Å². The van der Waals surface area contributed by atoms with Gasteiger partial charge >= 0.3 is 0 Å². The van der Waals surface area contributed by atoms with E-state index in [0.717, 1.165) is 45.1 Å². The molecule has 7 rings (SSSR count). The number of hydrogen-bond donors (Lipinski definition) is 0. The molecule has 0 fully saturated rings. The third kappa shape index (κ3) is 5.50. The summed E-state index contributed by atoms with van der Waals surface area (Å²) in [7, 11) is 2.08. The summed E-state index contributed by atoms with van der Waals surface area (Å²) in [5.74, 6) is 2.55. The molecule has 45 heavy (non-hydrogen) atoms. The molecule has 6 heteroatoms. The highest BCUT2D eigenvalue weighted by atomic mass is 127. The minimum absolute atomic E-state index is 0. The Morgan fingerprint density at radius 2 is 1.40 bits per heavy atom. The summed E-state index contributed by atoms with van der Waals surface area (Å²) in [4.78, 5) is 4.85.